The summed E-state index contributed by atoms with van der Waals surface area (Å²) < 4.78 is 1.05. The summed E-state index contributed by atoms with van der Waals surface area (Å²) in [6, 6.07) is 0. The van der Waals surface area contributed by atoms with E-state index >= 15 is 0 Å². The minimum Gasteiger partial charge on any atom is -0.392 e. The molecule has 0 saturated carbocycles. The highest BCUT2D eigenvalue weighted by atomic mass is 79.9. The third kappa shape index (κ3) is 1.66. The molecule has 0 heterocycles. The predicted molar refractivity (Wildman–Crippen MR) is 41.4 cm³/mol. The normalized spacial score (nSPS) is 18.9. The maximum Gasteiger partial charge on any atom is 0.0689 e. The summed E-state index contributed by atoms with van der Waals surface area (Å²) in [6.45, 7) is 0.150. The zero-order valence-corrected chi connectivity index (χ0v) is 6.69. The largest absolute Gasteiger partial charge is 0.392 e. The zero-order chi connectivity index (χ0) is 6.69. The van der Waals surface area contributed by atoms with Crippen LogP contribution in [-0.4, -0.2) is 11.7 Å². The van der Waals surface area contributed by atoms with Crippen LogP contribution in [0.2, 0.25) is 0 Å². The average molecular weight is 189 g/mol. The molecule has 1 rings (SSSR count). The number of halogens is 1. The molecule has 0 bridgehead atoms. The van der Waals surface area contributed by atoms with E-state index in [0.29, 0.717) is 0 Å². The molecule has 0 spiro atoms. The molecule has 1 aliphatic rings. The van der Waals surface area contributed by atoms with Crippen LogP contribution in [0, 0.1) is 0 Å². The molecular weight excluding hydrogens is 180 g/mol. The van der Waals surface area contributed by atoms with Crippen molar-refractivity contribution in [2.45, 2.75) is 12.8 Å². The van der Waals surface area contributed by atoms with Crippen molar-refractivity contribution in [3.63, 3.8) is 0 Å². The lowest BCUT2D eigenvalue weighted by atomic mass is 10.1. The van der Waals surface area contributed by atoms with E-state index in [1.165, 1.54) is 0 Å². The van der Waals surface area contributed by atoms with Gasteiger partial charge in [0.25, 0.3) is 0 Å². The van der Waals surface area contributed by atoms with Crippen LogP contribution in [0.4, 0.5) is 0 Å². The third-order valence-corrected chi connectivity index (χ3v) is 2.19. The molecule has 1 N–H and O–H groups in total. The van der Waals surface area contributed by atoms with Crippen LogP contribution >= 0.6 is 15.9 Å². The summed E-state index contributed by atoms with van der Waals surface area (Å²) in [5.41, 5.74) is 1.02. The highest BCUT2D eigenvalue weighted by Gasteiger charge is 2.02. The van der Waals surface area contributed by atoms with Crippen molar-refractivity contribution in [3.8, 4) is 0 Å². The van der Waals surface area contributed by atoms with E-state index in [-0.39, 0.29) is 6.61 Å². The predicted octanol–water partition coefficient (Wildman–Crippen LogP) is 1.98. The van der Waals surface area contributed by atoms with E-state index in [4.69, 9.17) is 5.11 Å². The molecule has 1 aliphatic carbocycles. The molecule has 0 unspecified atom stereocenters. The van der Waals surface area contributed by atoms with Crippen molar-refractivity contribution in [1.29, 1.82) is 0 Å². The van der Waals surface area contributed by atoms with E-state index in [2.05, 4.69) is 28.1 Å². The summed E-state index contributed by atoms with van der Waals surface area (Å²) in [7, 11) is 0. The number of hydrogen-bond acceptors (Lipinski definition) is 1. The number of aliphatic hydroxyl groups excluding tert-OH is 1. The maximum atomic E-state index is 8.72. The molecule has 0 aromatic heterocycles. The van der Waals surface area contributed by atoms with E-state index in [9.17, 15) is 0 Å². The minimum absolute atomic E-state index is 0.150. The van der Waals surface area contributed by atoms with Crippen LogP contribution in [-0.2, 0) is 0 Å². The first kappa shape index (κ1) is 7.03. The fourth-order valence-corrected chi connectivity index (χ4v) is 1.35. The van der Waals surface area contributed by atoms with Gasteiger partial charge in [-0.3, -0.25) is 0 Å². The second-order valence-corrected chi connectivity index (χ2v) is 2.87. The van der Waals surface area contributed by atoms with Crippen LogP contribution in [0.5, 0.6) is 0 Å². The molecule has 2 heteroatoms. The van der Waals surface area contributed by atoms with Gasteiger partial charge in [-0.25, -0.2) is 0 Å². The van der Waals surface area contributed by atoms with Gasteiger partial charge < -0.3 is 5.11 Å². The Labute approximate surface area is 63.2 Å². The standard InChI is InChI=1S/C7H9BrO/c8-7-4-2-1-3-6(7)5-9/h3-4,9H,1-2,5H2. The van der Waals surface area contributed by atoms with Crippen LogP contribution in [0.15, 0.2) is 22.2 Å². The molecule has 0 saturated heterocycles. The van der Waals surface area contributed by atoms with Crippen LogP contribution in [0.3, 0.4) is 0 Å². The maximum absolute atomic E-state index is 8.72. The van der Waals surface area contributed by atoms with E-state index < -0.39 is 0 Å². The Kier molecular flexibility index (Phi) is 2.49. The summed E-state index contributed by atoms with van der Waals surface area (Å²) in [6.07, 6.45) is 6.30. The number of hydrogen-bond donors (Lipinski definition) is 1. The van der Waals surface area contributed by atoms with Crippen molar-refractivity contribution in [1.82, 2.24) is 0 Å². The van der Waals surface area contributed by atoms with Gasteiger partial charge in [0, 0.05) is 4.48 Å². The first-order valence-electron chi connectivity index (χ1n) is 3.00. The van der Waals surface area contributed by atoms with E-state index in [0.717, 1.165) is 22.9 Å². The fraction of sp³-hybridized carbons (Fsp3) is 0.429. The Bertz CT molecular complexity index is 158. The molecule has 50 valence electrons. The highest BCUT2D eigenvalue weighted by Crippen LogP contribution is 2.22. The summed E-state index contributed by atoms with van der Waals surface area (Å²) >= 11 is 3.35. The monoisotopic (exact) mass is 188 g/mol. The first-order valence-corrected chi connectivity index (χ1v) is 3.80. The Balaban J connectivity index is 2.68. The third-order valence-electron chi connectivity index (χ3n) is 1.36. The van der Waals surface area contributed by atoms with Gasteiger partial charge in [-0.2, -0.15) is 0 Å². The molecule has 0 aromatic rings. The van der Waals surface area contributed by atoms with Gasteiger partial charge in [0.1, 0.15) is 0 Å². The number of allylic oxidation sites excluding steroid dienone is 2. The van der Waals surface area contributed by atoms with Crippen LogP contribution < -0.4 is 0 Å². The molecule has 0 atom stereocenters. The average Bonchev–Trinajstić information content (AvgIpc) is 1.89. The summed E-state index contributed by atoms with van der Waals surface area (Å²) in [5.74, 6) is 0. The van der Waals surface area contributed by atoms with Crippen molar-refractivity contribution < 1.29 is 5.11 Å². The van der Waals surface area contributed by atoms with Gasteiger partial charge in [0.2, 0.25) is 0 Å². The minimum atomic E-state index is 0.150. The summed E-state index contributed by atoms with van der Waals surface area (Å²) in [4.78, 5) is 0. The Morgan fingerprint density at radius 2 is 2.11 bits per heavy atom. The molecular formula is C7H9BrO. The Hall–Kier alpha value is -0.0800. The number of aliphatic hydroxyl groups is 1. The molecule has 0 aromatic carbocycles. The Morgan fingerprint density at radius 1 is 1.44 bits per heavy atom. The van der Waals surface area contributed by atoms with Gasteiger partial charge in [0.15, 0.2) is 0 Å². The molecule has 9 heavy (non-hydrogen) atoms. The van der Waals surface area contributed by atoms with Gasteiger partial charge in [-0.05, 0) is 18.4 Å². The van der Waals surface area contributed by atoms with E-state index in [1.54, 1.807) is 0 Å². The number of rotatable bonds is 1. The van der Waals surface area contributed by atoms with Crippen molar-refractivity contribution in [2.75, 3.05) is 6.61 Å². The lowest BCUT2D eigenvalue weighted by Crippen LogP contribution is -1.93. The van der Waals surface area contributed by atoms with Crippen molar-refractivity contribution >= 4 is 15.9 Å². The van der Waals surface area contributed by atoms with Crippen molar-refractivity contribution in [2.24, 2.45) is 0 Å². The van der Waals surface area contributed by atoms with Gasteiger partial charge in [0.05, 0.1) is 6.61 Å². The van der Waals surface area contributed by atoms with Gasteiger partial charge in [-0.15, -0.1) is 0 Å². The second kappa shape index (κ2) is 3.18. The van der Waals surface area contributed by atoms with Crippen molar-refractivity contribution in [3.05, 3.63) is 22.2 Å². The fourth-order valence-electron chi connectivity index (χ4n) is 0.836. The summed E-state index contributed by atoms with van der Waals surface area (Å²) in [5, 5.41) is 8.72. The molecule has 0 aliphatic heterocycles. The first-order chi connectivity index (χ1) is 4.34. The smallest absolute Gasteiger partial charge is 0.0689 e. The Morgan fingerprint density at radius 3 is 2.56 bits per heavy atom. The quantitative estimate of drug-likeness (QED) is 0.668. The van der Waals surface area contributed by atoms with Crippen LogP contribution in [0.25, 0.3) is 0 Å². The van der Waals surface area contributed by atoms with Gasteiger partial charge in [-0.1, -0.05) is 28.1 Å². The highest BCUT2D eigenvalue weighted by molar-refractivity contribution is 9.12. The molecule has 0 amide bonds. The van der Waals surface area contributed by atoms with Gasteiger partial charge >= 0.3 is 0 Å². The lowest BCUT2D eigenvalue weighted by molar-refractivity contribution is 0.333. The molecule has 1 nitrogen and oxygen atoms in total. The lowest BCUT2D eigenvalue weighted by Gasteiger charge is -2.06. The zero-order valence-electron chi connectivity index (χ0n) is 5.10. The SMILES string of the molecule is OCC1=CCCC=C1Br. The second-order valence-electron chi connectivity index (χ2n) is 2.02. The molecule has 0 fully saturated rings. The van der Waals surface area contributed by atoms with Crippen LogP contribution in [0.1, 0.15) is 12.8 Å². The molecule has 0 radical (unpaired) electrons. The topological polar surface area (TPSA) is 20.2 Å². The van der Waals surface area contributed by atoms with E-state index in [1.807, 2.05) is 0 Å².